The lowest BCUT2D eigenvalue weighted by molar-refractivity contribution is -0.110. The Morgan fingerprint density at radius 3 is 2.64 bits per heavy atom. The number of benzene rings is 2. The number of carbonyl (C=O) groups is 1. The highest BCUT2D eigenvalue weighted by Crippen LogP contribution is 2.47. The molecule has 4 nitrogen and oxygen atoms in total. The lowest BCUT2D eigenvalue weighted by Crippen LogP contribution is -2.58. The molecule has 1 saturated heterocycles. The molecule has 0 bridgehead atoms. The maximum Gasteiger partial charge on any atom is 0.256 e. The molecule has 4 heteroatoms. The number of aromatic amines is 1. The summed E-state index contributed by atoms with van der Waals surface area (Å²) in [4.78, 5) is 18.8. The monoisotopic (exact) mass is 374 g/mol. The molecule has 1 aliphatic carbocycles. The third kappa shape index (κ3) is 2.67. The first-order valence-electron chi connectivity index (χ1n) is 10.3. The van der Waals surface area contributed by atoms with Gasteiger partial charge in [-0.2, -0.15) is 0 Å². The number of H-pyrrole nitrogens is 1. The molecule has 0 radical (unpaired) electrons. The fourth-order valence-electron chi connectivity index (χ4n) is 5.42. The predicted octanol–water partition coefficient (Wildman–Crippen LogP) is 4.46. The summed E-state index contributed by atoms with van der Waals surface area (Å²) in [6.45, 7) is 0.588. The number of hydrogen-bond acceptors (Lipinski definition) is 2. The number of aliphatic hydroxyl groups is 1. The van der Waals surface area contributed by atoms with Crippen molar-refractivity contribution in [2.75, 3.05) is 6.54 Å². The minimum absolute atomic E-state index is 0.0875. The van der Waals surface area contributed by atoms with Gasteiger partial charge in [-0.25, -0.2) is 0 Å². The van der Waals surface area contributed by atoms with Gasteiger partial charge < -0.3 is 15.0 Å². The van der Waals surface area contributed by atoms with Crippen LogP contribution in [-0.4, -0.2) is 33.5 Å². The normalized spacial score (nSPS) is 27.5. The number of hydrogen-bond donors (Lipinski definition) is 2. The predicted molar refractivity (Wildman–Crippen MR) is 110 cm³/mol. The number of rotatable bonds is 2. The SMILES string of the molecule is O=C(c1c[nH]c2ccccc12)N1CCC(O)(c2ccccc2)C2CCCCC21. The number of nitrogens with one attached hydrogen (secondary N) is 1. The van der Waals surface area contributed by atoms with Crippen LogP contribution < -0.4 is 0 Å². The molecule has 3 unspecified atom stereocenters. The van der Waals surface area contributed by atoms with E-state index in [0.717, 1.165) is 47.7 Å². The Bertz CT molecular complexity index is 996. The smallest absolute Gasteiger partial charge is 0.256 e. The number of carbonyl (C=O) groups excluding carboxylic acids is 1. The Labute approximate surface area is 165 Å². The van der Waals surface area contributed by atoms with Crippen LogP contribution >= 0.6 is 0 Å². The Hall–Kier alpha value is -2.59. The van der Waals surface area contributed by atoms with E-state index in [1.807, 2.05) is 65.7 Å². The minimum atomic E-state index is -0.844. The van der Waals surface area contributed by atoms with Gasteiger partial charge in [-0.15, -0.1) is 0 Å². The van der Waals surface area contributed by atoms with Crippen LogP contribution in [0.5, 0.6) is 0 Å². The van der Waals surface area contributed by atoms with E-state index in [-0.39, 0.29) is 17.9 Å². The molecule has 5 rings (SSSR count). The summed E-state index contributed by atoms with van der Waals surface area (Å²) in [6.07, 6.45) is 6.59. The van der Waals surface area contributed by atoms with E-state index in [0.29, 0.717) is 13.0 Å². The van der Waals surface area contributed by atoms with Crippen molar-refractivity contribution in [2.45, 2.75) is 43.7 Å². The van der Waals surface area contributed by atoms with Crippen molar-refractivity contribution in [1.82, 2.24) is 9.88 Å². The van der Waals surface area contributed by atoms with Crippen molar-refractivity contribution in [2.24, 2.45) is 5.92 Å². The molecule has 3 aromatic rings. The van der Waals surface area contributed by atoms with E-state index < -0.39 is 5.60 Å². The average molecular weight is 374 g/mol. The Kier molecular flexibility index (Phi) is 4.24. The van der Waals surface area contributed by atoms with E-state index >= 15 is 0 Å². The summed E-state index contributed by atoms with van der Waals surface area (Å²) < 4.78 is 0. The largest absolute Gasteiger partial charge is 0.385 e. The molecular formula is C24H26N2O2. The molecule has 28 heavy (non-hydrogen) atoms. The lowest BCUT2D eigenvalue weighted by atomic mass is 9.66. The van der Waals surface area contributed by atoms with Crippen LogP contribution in [0.25, 0.3) is 10.9 Å². The van der Waals surface area contributed by atoms with Crippen molar-refractivity contribution >= 4 is 16.8 Å². The van der Waals surface area contributed by atoms with Crippen LogP contribution in [-0.2, 0) is 5.60 Å². The van der Waals surface area contributed by atoms with Crippen LogP contribution in [0.4, 0.5) is 0 Å². The van der Waals surface area contributed by atoms with Gasteiger partial charge in [0.15, 0.2) is 0 Å². The summed E-state index contributed by atoms with van der Waals surface area (Å²) in [7, 11) is 0. The molecule has 2 heterocycles. The minimum Gasteiger partial charge on any atom is -0.385 e. The highest BCUT2D eigenvalue weighted by molar-refractivity contribution is 6.06. The van der Waals surface area contributed by atoms with E-state index in [2.05, 4.69) is 4.98 Å². The average Bonchev–Trinajstić information content (AvgIpc) is 3.19. The molecular weight excluding hydrogens is 348 g/mol. The molecule has 144 valence electrons. The summed E-state index contributed by atoms with van der Waals surface area (Å²) >= 11 is 0. The van der Waals surface area contributed by atoms with Crippen molar-refractivity contribution in [3.63, 3.8) is 0 Å². The topological polar surface area (TPSA) is 56.3 Å². The zero-order valence-electron chi connectivity index (χ0n) is 16.0. The Morgan fingerprint density at radius 1 is 1.04 bits per heavy atom. The Balaban J connectivity index is 1.50. The second kappa shape index (κ2) is 6.78. The zero-order valence-corrected chi connectivity index (χ0v) is 16.0. The molecule has 2 N–H and O–H groups in total. The molecule has 1 saturated carbocycles. The van der Waals surface area contributed by atoms with Crippen molar-refractivity contribution in [1.29, 1.82) is 0 Å². The molecule has 2 aliphatic rings. The fraction of sp³-hybridized carbons (Fsp3) is 0.375. The van der Waals surface area contributed by atoms with Crippen LogP contribution in [0, 0.1) is 5.92 Å². The number of fused-ring (bicyclic) bond motifs is 2. The van der Waals surface area contributed by atoms with E-state index in [9.17, 15) is 9.90 Å². The maximum atomic E-state index is 13.5. The van der Waals surface area contributed by atoms with Crippen LogP contribution in [0.3, 0.4) is 0 Å². The van der Waals surface area contributed by atoms with Gasteiger partial charge in [-0.3, -0.25) is 4.79 Å². The fourth-order valence-corrected chi connectivity index (χ4v) is 5.42. The third-order valence-electron chi connectivity index (χ3n) is 6.83. The van der Waals surface area contributed by atoms with Crippen molar-refractivity contribution in [3.05, 3.63) is 71.9 Å². The highest BCUT2D eigenvalue weighted by atomic mass is 16.3. The standard InChI is InChI=1S/C24H26N2O2/c27-23(19-16-25-21-12-6-4-10-18(19)21)26-15-14-24(28,17-8-2-1-3-9-17)20-11-5-7-13-22(20)26/h1-4,6,8-10,12,16,20,22,25,28H,5,7,11,13-15H2. The number of likely N-dealkylation sites (tertiary alicyclic amines) is 1. The van der Waals surface area contributed by atoms with Crippen LogP contribution in [0.2, 0.25) is 0 Å². The molecule has 2 aromatic carbocycles. The second-order valence-corrected chi connectivity index (χ2v) is 8.25. The summed E-state index contributed by atoms with van der Waals surface area (Å²) in [5.74, 6) is 0.177. The summed E-state index contributed by atoms with van der Waals surface area (Å²) in [5, 5.41) is 12.7. The molecule has 1 aliphatic heterocycles. The van der Waals surface area contributed by atoms with Crippen molar-refractivity contribution in [3.8, 4) is 0 Å². The third-order valence-corrected chi connectivity index (χ3v) is 6.83. The van der Waals surface area contributed by atoms with E-state index in [1.54, 1.807) is 0 Å². The molecule has 1 amide bonds. The summed E-state index contributed by atoms with van der Waals surface area (Å²) in [6, 6.07) is 18.1. The van der Waals surface area contributed by atoms with Gasteiger partial charge >= 0.3 is 0 Å². The summed E-state index contributed by atoms with van der Waals surface area (Å²) in [5.41, 5.74) is 1.88. The van der Waals surface area contributed by atoms with Gasteiger partial charge in [0, 0.05) is 35.6 Å². The molecule has 0 spiro atoms. The quantitative estimate of drug-likeness (QED) is 0.696. The molecule has 3 atom stereocenters. The maximum absolute atomic E-state index is 13.5. The number of nitrogens with zero attached hydrogens (tertiary/aromatic N) is 1. The highest BCUT2D eigenvalue weighted by Gasteiger charge is 2.50. The zero-order chi connectivity index (χ0) is 19.1. The lowest BCUT2D eigenvalue weighted by Gasteiger charge is -2.52. The first-order chi connectivity index (χ1) is 13.7. The van der Waals surface area contributed by atoms with Crippen LogP contribution in [0.15, 0.2) is 60.8 Å². The van der Waals surface area contributed by atoms with Crippen molar-refractivity contribution < 1.29 is 9.90 Å². The van der Waals surface area contributed by atoms with Gasteiger partial charge in [-0.1, -0.05) is 61.4 Å². The van der Waals surface area contributed by atoms with E-state index in [4.69, 9.17) is 0 Å². The van der Waals surface area contributed by atoms with E-state index in [1.165, 1.54) is 0 Å². The first kappa shape index (κ1) is 17.5. The van der Waals surface area contributed by atoms with Gasteiger partial charge in [0.1, 0.15) is 0 Å². The Morgan fingerprint density at radius 2 is 1.79 bits per heavy atom. The van der Waals surface area contributed by atoms with Gasteiger partial charge in [0.2, 0.25) is 0 Å². The van der Waals surface area contributed by atoms with Gasteiger partial charge in [0.25, 0.3) is 5.91 Å². The molecule has 1 aromatic heterocycles. The van der Waals surface area contributed by atoms with Gasteiger partial charge in [-0.05, 0) is 30.9 Å². The van der Waals surface area contributed by atoms with Crippen LogP contribution in [0.1, 0.15) is 48.0 Å². The first-order valence-corrected chi connectivity index (χ1v) is 10.3. The number of para-hydroxylation sites is 1. The molecule has 2 fully saturated rings. The van der Waals surface area contributed by atoms with Gasteiger partial charge in [0.05, 0.1) is 11.2 Å². The number of piperidine rings is 1. The number of aromatic nitrogens is 1. The second-order valence-electron chi connectivity index (χ2n) is 8.25. The number of amides is 1.